The molecule has 1 aliphatic rings. The van der Waals surface area contributed by atoms with E-state index >= 15 is 0 Å². The minimum absolute atomic E-state index is 0. The number of carbonyl (C=O) groups excluding carboxylic acids is 6. The minimum atomic E-state index is -4.67. The number of phenols is 2. The van der Waals surface area contributed by atoms with Gasteiger partial charge in [0.15, 0.2) is 6.29 Å². The van der Waals surface area contributed by atoms with Crippen LogP contribution in [-0.2, 0) is 76.3 Å². The van der Waals surface area contributed by atoms with Crippen LogP contribution < -0.4 is 45.3 Å². The molecular weight excluding hydrogens is 1900 g/mol. The number of esters is 5. The zero-order valence-electron chi connectivity index (χ0n) is 66.8. The molecule has 0 saturated carbocycles. The molecule has 118 heavy (non-hydrogen) atoms. The molecule has 11 aromatic rings. The number of phenolic OH excluding ortho intramolecular Hbond substituents is 2. The molecule has 12 N–H and O–H groups in total. The molecule has 0 spiro atoms. The second-order valence-electron chi connectivity index (χ2n) is 24.0. The van der Waals surface area contributed by atoms with Crippen LogP contribution in [0.2, 0.25) is 0 Å². The summed E-state index contributed by atoms with van der Waals surface area (Å²) in [4.78, 5) is 67.2. The zero-order chi connectivity index (χ0) is 86.0. The molecule has 0 aliphatic carbocycles. The van der Waals surface area contributed by atoms with Crippen molar-refractivity contribution in [2.24, 2.45) is 11.5 Å². The maximum absolute atomic E-state index is 11.7. The van der Waals surface area contributed by atoms with E-state index in [2.05, 4.69) is 99.9 Å². The first kappa shape index (κ1) is 108. The van der Waals surface area contributed by atoms with Crippen LogP contribution >= 0.6 is 92.1 Å². The van der Waals surface area contributed by atoms with E-state index < -0.39 is 35.7 Å². The van der Waals surface area contributed by atoms with Crippen molar-refractivity contribution >= 4 is 192 Å². The van der Waals surface area contributed by atoms with Gasteiger partial charge in [-0.05, 0) is 232 Å². The first-order valence-corrected chi connectivity index (χ1v) is 39.7. The molecule has 0 fully saturated rings. The molecule has 0 bridgehead atoms. The quantitative estimate of drug-likeness (QED) is 0.0141. The van der Waals surface area contributed by atoms with Gasteiger partial charge in [0.25, 0.3) is 0 Å². The fourth-order valence-corrected chi connectivity index (χ4v) is 12.8. The molecule has 3 aromatic heterocycles. The van der Waals surface area contributed by atoms with Crippen molar-refractivity contribution in [1.82, 2.24) is 0 Å². The van der Waals surface area contributed by atoms with Crippen LogP contribution in [0.5, 0.6) is 23.0 Å². The number of benzene rings is 8. The van der Waals surface area contributed by atoms with E-state index in [0.717, 1.165) is 97.4 Å². The standard InChI is InChI=1S/C20H19BrO4.C11H11BrO4.C11H9BrO3.C10H9BrO2.C10H12O3.C9H7BrO4.C7H10BNO2.C2H7N.B.ClH.Li.H2O4S.H/c1-3-23-19(22)10-15-6-4-5-7-18(15)24-12-14-8-16-13(2)11-25-20(16)17(21)9-14;1-5-7-3-6(11(14)15-2)4-8(12)9(7)16-10(5)13;1-6-5-15-10-8(6)3-7(4-9(10)12)11(13)14-2;1-6-5-13-10-8(6)2-7(4-12)3-9(10)11;1-2-13-10(12)7-8-5-3-4-6-9(8)11;1-14-9(13)5-2-6(4-11)8(12)7(10)3-5;9-5-6-2-1-3-7(4-6)8(10)11;1-2-3;;;;1-5(2,3)4;/h4-9,11H,3,10,12H2,1-2H3;3-5,10,13H,1-2H3;3-5H,1-2H3;2-3,5,12H,4H2,1H3;3-6,11H,2,7H2,1H3;2-4,12H,1H3;1-4,10-11H,5,9H2;2-3H2,1H3;;1H;;(H2,1,2,3,4);/q;;;;;;;;;;+1;;-1. The summed E-state index contributed by atoms with van der Waals surface area (Å²) in [6.45, 7) is 15.6. The van der Waals surface area contributed by atoms with E-state index in [-0.39, 0.29) is 111 Å². The molecule has 1 aliphatic heterocycles. The number of aldehydes is 1. The van der Waals surface area contributed by atoms with Crippen LogP contribution in [0.4, 0.5) is 0 Å². The Bertz CT molecular complexity index is 5230. The molecule has 4 heterocycles. The van der Waals surface area contributed by atoms with Gasteiger partial charge in [0.05, 0.1) is 117 Å². The summed E-state index contributed by atoms with van der Waals surface area (Å²) in [5.74, 6) is -0.813. The predicted octanol–water partition coefficient (Wildman–Crippen LogP) is 12.1. The van der Waals surface area contributed by atoms with Crippen molar-refractivity contribution in [2.75, 3.05) is 41.1 Å². The maximum Gasteiger partial charge on any atom is 1.00 e. The Morgan fingerprint density at radius 1 is 0.585 bits per heavy atom. The van der Waals surface area contributed by atoms with E-state index in [9.17, 15) is 44.1 Å². The van der Waals surface area contributed by atoms with Gasteiger partial charge in [0, 0.05) is 53.7 Å². The number of aryl methyl sites for hydroxylation is 3. The number of methoxy groups -OCH3 is 3. The van der Waals surface area contributed by atoms with Crippen LogP contribution in [0.15, 0.2) is 188 Å². The molecule has 0 saturated heterocycles. The second-order valence-corrected chi connectivity index (χ2v) is 29.2. The molecule has 38 heteroatoms. The van der Waals surface area contributed by atoms with Crippen LogP contribution in [0.3, 0.4) is 0 Å². The van der Waals surface area contributed by atoms with E-state index in [4.69, 9.17) is 76.3 Å². The molecule has 629 valence electrons. The number of aliphatic hydroxyl groups excluding tert-OH is 2. The van der Waals surface area contributed by atoms with Crippen molar-refractivity contribution in [3.05, 3.63) is 247 Å². The van der Waals surface area contributed by atoms with Crippen LogP contribution in [0.25, 0.3) is 32.9 Å². The maximum atomic E-state index is 11.7. The van der Waals surface area contributed by atoms with Gasteiger partial charge in [0.2, 0.25) is 6.29 Å². The van der Waals surface area contributed by atoms with Gasteiger partial charge in [-0.25, -0.2) is 14.4 Å². The first-order valence-electron chi connectivity index (χ1n) is 34.3. The Hall–Kier alpha value is -8.35. The summed E-state index contributed by atoms with van der Waals surface area (Å²) in [5.41, 5.74) is 22.5. The Balaban J connectivity index is 0.00000136. The van der Waals surface area contributed by atoms with Crippen molar-refractivity contribution in [2.45, 2.75) is 93.3 Å². The number of aliphatic hydroxyl groups is 2. The Morgan fingerprint density at radius 3 is 1.47 bits per heavy atom. The normalized spacial score (nSPS) is 11.7. The molecule has 3 radical (unpaired) electrons. The number of nitrogens with two attached hydrogens (primary N) is 2. The van der Waals surface area contributed by atoms with Crippen LogP contribution in [0.1, 0.15) is 127 Å². The van der Waals surface area contributed by atoms with Crippen LogP contribution in [-0.4, -0.2) is 147 Å². The predicted molar refractivity (Wildman–Crippen MR) is 463 cm³/mol. The minimum Gasteiger partial charge on any atom is -1.00 e. The van der Waals surface area contributed by atoms with Crippen LogP contribution in [0, 0.1) is 20.8 Å². The van der Waals surface area contributed by atoms with Gasteiger partial charge < -0.3 is 89.8 Å². The number of ether oxygens (including phenoxy) is 7. The molecule has 0 amide bonds. The zero-order valence-corrected chi connectivity index (χ0v) is 75.3. The summed E-state index contributed by atoms with van der Waals surface area (Å²) >= 11 is 16.6. The first-order chi connectivity index (χ1) is 54.5. The fraction of sp³-hybridized carbons (Fsp3) is 0.250. The Kier molecular flexibility index (Phi) is 49.3. The van der Waals surface area contributed by atoms with E-state index in [1.165, 1.54) is 33.5 Å². The van der Waals surface area contributed by atoms with Crippen molar-refractivity contribution in [1.29, 1.82) is 0 Å². The van der Waals surface area contributed by atoms with Crippen molar-refractivity contribution in [3.8, 4) is 23.0 Å². The number of halogens is 6. The molecule has 28 nitrogen and oxygen atoms in total. The van der Waals surface area contributed by atoms with Crippen molar-refractivity contribution < 1.29 is 143 Å². The monoisotopic (exact) mass is 1980 g/mol. The van der Waals surface area contributed by atoms with Gasteiger partial charge in [-0.3, -0.25) is 23.5 Å². The summed E-state index contributed by atoms with van der Waals surface area (Å²) in [6, 6.07) is 38.4. The number of fused-ring (bicyclic) bond motifs is 4. The van der Waals surface area contributed by atoms with Gasteiger partial charge >= 0.3 is 66.2 Å². The third-order valence-electron chi connectivity index (χ3n) is 15.6. The van der Waals surface area contributed by atoms with Gasteiger partial charge in [-0.2, -0.15) is 8.42 Å². The molecular formula is C80H88B2Br5ClLiN2O26S. The number of furan rings is 3. The Labute approximate surface area is 745 Å². The van der Waals surface area contributed by atoms with Crippen molar-refractivity contribution in [3.63, 3.8) is 0 Å². The fourth-order valence-electron chi connectivity index (χ4n) is 10.0. The number of para-hydroxylation sites is 2. The number of hydrogen-bond acceptors (Lipinski definition) is 26. The summed E-state index contributed by atoms with van der Waals surface area (Å²) in [5, 5.41) is 57.8. The topological polar surface area (TPSA) is 454 Å². The second kappa shape index (κ2) is 54.0. The molecule has 2 atom stereocenters. The SMILES string of the molecule is CCN.CCOC(=O)Cc1ccccc1O.CCOC(=O)Cc1ccccc1OCc1cc(Br)c2occ(C)c2c1.COC(=O)c1cc(Br)c(O)c(C=O)c1.COC(=O)c1cc(Br)c2c(c1)C(C)C(O)O2.COC(=O)c1cc(Br)c2occ(C)c2c1.Cc1coc2c(Br)cc(CO)cc12.Cl.NCc1cccc(B(O)O)c1.O=S(=O)(O)O.[B].[H-].[Li+]. The van der Waals surface area contributed by atoms with E-state index in [1.807, 2.05) is 83.1 Å². The summed E-state index contributed by atoms with van der Waals surface area (Å²) in [7, 11) is -2.13. The van der Waals surface area contributed by atoms with Gasteiger partial charge in [-0.1, -0.05) is 74.5 Å². The van der Waals surface area contributed by atoms with E-state index in [0.29, 0.717) is 70.8 Å². The summed E-state index contributed by atoms with van der Waals surface area (Å²) in [6.07, 6.45) is 5.06. The average molecular weight is 1990 g/mol. The molecule has 8 aromatic carbocycles. The van der Waals surface area contributed by atoms with Gasteiger partial charge in [-0.15, -0.1) is 12.4 Å². The average Bonchev–Trinajstić information content (AvgIpc) is 1.65. The molecule has 2 unspecified atom stereocenters. The molecule has 12 rings (SSSR count). The van der Waals surface area contributed by atoms with E-state index in [1.54, 1.807) is 99.4 Å². The number of hydrogen-bond donors (Lipinski definition) is 10. The number of rotatable bonds is 16. The third-order valence-corrected chi connectivity index (χ3v) is 18.6. The smallest absolute Gasteiger partial charge is 1.00 e. The Morgan fingerprint density at radius 2 is 1.01 bits per heavy atom. The summed E-state index contributed by atoms with van der Waals surface area (Å²) < 4.78 is 86.1. The number of carbonyl (C=O) groups is 6. The van der Waals surface area contributed by atoms with Gasteiger partial charge in [0.1, 0.15) is 46.4 Å². The third kappa shape index (κ3) is 34.0. The number of aromatic hydroxyl groups is 2. The largest absolute Gasteiger partial charge is 1.00 e.